The fraction of sp³-hybridized carbons (Fsp3) is 0.417. The molecule has 1 rings (SSSR count). The Balaban J connectivity index is 2.82. The minimum atomic E-state index is -1.17. The zero-order valence-electron chi connectivity index (χ0n) is 10.1. The van der Waals surface area contributed by atoms with Gasteiger partial charge in [0.05, 0.1) is 6.04 Å². The standard InChI is InChI=1S/C12H15F3N2O/c1-6(2)3-10(16)12(18)17-11-8(14)4-7(13)5-9(11)15/h4-6,10H,3,16H2,1-2H3,(H,17,18). The summed E-state index contributed by atoms with van der Waals surface area (Å²) in [5, 5.41) is 2.03. The van der Waals surface area contributed by atoms with Crippen LogP contribution in [0.15, 0.2) is 12.1 Å². The maximum absolute atomic E-state index is 13.3. The molecular formula is C12H15F3N2O. The third-order valence-electron chi connectivity index (χ3n) is 2.32. The molecular weight excluding hydrogens is 245 g/mol. The van der Waals surface area contributed by atoms with Crippen molar-refractivity contribution in [2.75, 3.05) is 5.32 Å². The fourth-order valence-corrected chi connectivity index (χ4v) is 1.49. The molecule has 0 aliphatic heterocycles. The number of hydrogen-bond acceptors (Lipinski definition) is 2. The normalized spacial score (nSPS) is 12.6. The van der Waals surface area contributed by atoms with Crippen molar-refractivity contribution >= 4 is 11.6 Å². The third-order valence-corrected chi connectivity index (χ3v) is 2.32. The van der Waals surface area contributed by atoms with Crippen molar-refractivity contribution in [1.82, 2.24) is 0 Å². The smallest absolute Gasteiger partial charge is 0.241 e. The first-order valence-corrected chi connectivity index (χ1v) is 5.52. The number of halogens is 3. The lowest BCUT2D eigenvalue weighted by Gasteiger charge is -2.14. The van der Waals surface area contributed by atoms with Crippen LogP contribution in [0.3, 0.4) is 0 Å². The minimum absolute atomic E-state index is 0.175. The summed E-state index contributed by atoms with van der Waals surface area (Å²) in [7, 11) is 0. The van der Waals surface area contributed by atoms with Crippen LogP contribution in [0.1, 0.15) is 20.3 Å². The van der Waals surface area contributed by atoms with Crippen molar-refractivity contribution in [1.29, 1.82) is 0 Å². The Morgan fingerprint density at radius 2 is 1.78 bits per heavy atom. The number of carbonyl (C=O) groups excluding carboxylic acids is 1. The topological polar surface area (TPSA) is 55.1 Å². The van der Waals surface area contributed by atoms with E-state index in [9.17, 15) is 18.0 Å². The van der Waals surface area contributed by atoms with Gasteiger partial charge in [0, 0.05) is 12.1 Å². The molecule has 0 heterocycles. The number of hydrogen-bond donors (Lipinski definition) is 2. The van der Waals surface area contributed by atoms with E-state index in [1.54, 1.807) is 0 Å². The van der Waals surface area contributed by atoms with Gasteiger partial charge in [0.1, 0.15) is 11.5 Å². The van der Waals surface area contributed by atoms with Crippen LogP contribution in [-0.2, 0) is 4.79 Å². The summed E-state index contributed by atoms with van der Waals surface area (Å²) in [5.74, 6) is -3.91. The van der Waals surface area contributed by atoms with E-state index in [1.165, 1.54) is 0 Å². The number of anilines is 1. The van der Waals surface area contributed by atoms with E-state index in [2.05, 4.69) is 0 Å². The molecule has 6 heteroatoms. The van der Waals surface area contributed by atoms with Gasteiger partial charge in [-0.05, 0) is 12.3 Å². The molecule has 3 N–H and O–H groups in total. The number of carbonyl (C=O) groups is 1. The zero-order valence-corrected chi connectivity index (χ0v) is 10.1. The Bertz CT molecular complexity index is 426. The van der Waals surface area contributed by atoms with Crippen LogP contribution < -0.4 is 11.1 Å². The monoisotopic (exact) mass is 260 g/mol. The molecule has 0 aliphatic rings. The number of rotatable bonds is 4. The highest BCUT2D eigenvalue weighted by atomic mass is 19.1. The molecule has 0 aliphatic carbocycles. The number of amides is 1. The van der Waals surface area contributed by atoms with Crippen LogP contribution in [-0.4, -0.2) is 11.9 Å². The maximum Gasteiger partial charge on any atom is 0.241 e. The Hall–Kier alpha value is -1.56. The van der Waals surface area contributed by atoms with E-state index in [0.29, 0.717) is 18.6 Å². The number of nitrogens with two attached hydrogens (primary N) is 1. The van der Waals surface area contributed by atoms with Gasteiger partial charge >= 0.3 is 0 Å². The summed E-state index contributed by atoms with van der Waals surface area (Å²) in [6.45, 7) is 3.73. The average molecular weight is 260 g/mol. The van der Waals surface area contributed by atoms with Crippen LogP contribution in [0.2, 0.25) is 0 Å². The Morgan fingerprint density at radius 3 is 2.22 bits per heavy atom. The molecule has 0 aromatic heterocycles. The average Bonchev–Trinajstić information content (AvgIpc) is 2.21. The van der Waals surface area contributed by atoms with Gasteiger partial charge in [-0.1, -0.05) is 13.8 Å². The van der Waals surface area contributed by atoms with E-state index in [-0.39, 0.29) is 5.92 Å². The molecule has 18 heavy (non-hydrogen) atoms. The van der Waals surface area contributed by atoms with Crippen molar-refractivity contribution in [3.63, 3.8) is 0 Å². The molecule has 0 saturated heterocycles. The molecule has 0 spiro atoms. The lowest BCUT2D eigenvalue weighted by Crippen LogP contribution is -2.37. The van der Waals surface area contributed by atoms with Gasteiger partial charge in [-0.25, -0.2) is 13.2 Å². The second-order valence-electron chi connectivity index (χ2n) is 4.47. The van der Waals surface area contributed by atoms with Crippen LogP contribution in [0.4, 0.5) is 18.9 Å². The number of benzene rings is 1. The van der Waals surface area contributed by atoms with Gasteiger partial charge in [0.15, 0.2) is 11.6 Å². The van der Waals surface area contributed by atoms with Crippen LogP contribution in [0, 0.1) is 23.4 Å². The summed E-state index contributed by atoms with van der Waals surface area (Å²) in [6, 6.07) is 0.119. The molecule has 1 atom stereocenters. The highest BCUT2D eigenvalue weighted by Gasteiger charge is 2.19. The molecule has 1 amide bonds. The summed E-state index contributed by atoms with van der Waals surface area (Å²) in [5.41, 5.74) is 4.89. The predicted octanol–water partition coefficient (Wildman–Crippen LogP) is 2.42. The molecule has 100 valence electrons. The van der Waals surface area contributed by atoms with Gasteiger partial charge < -0.3 is 11.1 Å². The van der Waals surface area contributed by atoms with Crippen LogP contribution >= 0.6 is 0 Å². The van der Waals surface area contributed by atoms with E-state index in [0.717, 1.165) is 0 Å². The SMILES string of the molecule is CC(C)CC(N)C(=O)Nc1c(F)cc(F)cc1F. The van der Waals surface area contributed by atoms with E-state index < -0.39 is 35.1 Å². The Morgan fingerprint density at radius 1 is 1.28 bits per heavy atom. The summed E-state index contributed by atoms with van der Waals surface area (Å²) >= 11 is 0. The van der Waals surface area contributed by atoms with Crippen LogP contribution in [0.5, 0.6) is 0 Å². The Kier molecular flexibility index (Phi) is 4.72. The lowest BCUT2D eigenvalue weighted by molar-refractivity contribution is -0.117. The van der Waals surface area contributed by atoms with E-state index in [4.69, 9.17) is 5.73 Å². The molecule has 0 bridgehead atoms. The first-order valence-electron chi connectivity index (χ1n) is 5.52. The minimum Gasteiger partial charge on any atom is -0.320 e. The molecule has 1 unspecified atom stereocenters. The van der Waals surface area contributed by atoms with Crippen molar-refractivity contribution in [2.24, 2.45) is 11.7 Å². The van der Waals surface area contributed by atoms with Crippen molar-refractivity contribution in [2.45, 2.75) is 26.3 Å². The molecule has 1 aromatic rings. The van der Waals surface area contributed by atoms with Gasteiger partial charge in [0.25, 0.3) is 0 Å². The van der Waals surface area contributed by atoms with Gasteiger partial charge in [0.2, 0.25) is 5.91 Å². The van der Waals surface area contributed by atoms with Crippen molar-refractivity contribution in [3.8, 4) is 0 Å². The van der Waals surface area contributed by atoms with E-state index in [1.807, 2.05) is 19.2 Å². The summed E-state index contributed by atoms with van der Waals surface area (Å²) in [4.78, 5) is 11.6. The van der Waals surface area contributed by atoms with Gasteiger partial charge in [-0.3, -0.25) is 4.79 Å². The summed E-state index contributed by atoms with van der Waals surface area (Å²) < 4.78 is 39.2. The largest absolute Gasteiger partial charge is 0.320 e. The van der Waals surface area contributed by atoms with Gasteiger partial charge in [-0.2, -0.15) is 0 Å². The third kappa shape index (κ3) is 3.73. The van der Waals surface area contributed by atoms with Crippen LogP contribution in [0.25, 0.3) is 0 Å². The molecule has 1 aromatic carbocycles. The highest BCUT2D eigenvalue weighted by Crippen LogP contribution is 2.20. The second kappa shape index (κ2) is 5.86. The zero-order chi connectivity index (χ0) is 13.9. The van der Waals surface area contributed by atoms with Gasteiger partial charge in [-0.15, -0.1) is 0 Å². The molecule has 0 fully saturated rings. The fourth-order valence-electron chi connectivity index (χ4n) is 1.49. The Labute approximate surface area is 103 Å². The number of nitrogens with one attached hydrogen (secondary N) is 1. The second-order valence-corrected chi connectivity index (χ2v) is 4.47. The quantitative estimate of drug-likeness (QED) is 0.873. The maximum atomic E-state index is 13.3. The summed E-state index contributed by atoms with van der Waals surface area (Å²) in [6.07, 6.45) is 0.385. The highest BCUT2D eigenvalue weighted by molar-refractivity contribution is 5.94. The van der Waals surface area contributed by atoms with E-state index >= 15 is 0 Å². The van der Waals surface area contributed by atoms with Crippen molar-refractivity contribution < 1.29 is 18.0 Å². The predicted molar refractivity (Wildman–Crippen MR) is 62.4 cm³/mol. The lowest BCUT2D eigenvalue weighted by atomic mass is 10.0. The molecule has 0 saturated carbocycles. The first-order chi connectivity index (χ1) is 8.31. The van der Waals surface area contributed by atoms with Crippen molar-refractivity contribution in [3.05, 3.63) is 29.6 Å². The first kappa shape index (κ1) is 14.5. The molecule has 0 radical (unpaired) electrons. The molecule has 3 nitrogen and oxygen atoms in total.